The van der Waals surface area contributed by atoms with Gasteiger partial charge in [0, 0.05) is 8.96 Å². The first-order chi connectivity index (χ1) is 9.69. The van der Waals surface area contributed by atoms with E-state index in [1.165, 1.54) is 3.57 Å². The zero-order valence-corrected chi connectivity index (χ0v) is 13.2. The average Bonchev–Trinajstić information content (AvgIpc) is 2.85. The number of furan rings is 1. The van der Waals surface area contributed by atoms with Crippen molar-refractivity contribution in [2.45, 2.75) is 13.0 Å². The molecule has 0 saturated carbocycles. The highest BCUT2D eigenvalue weighted by Gasteiger charge is 2.17. The molecule has 0 radical (unpaired) electrons. The summed E-state index contributed by atoms with van der Waals surface area (Å²) in [7, 11) is 0. The van der Waals surface area contributed by atoms with Gasteiger partial charge in [0.2, 0.25) is 0 Å². The van der Waals surface area contributed by atoms with E-state index < -0.39 is 0 Å². The Hall–Kier alpha value is -1.37. The number of nitrogens with one attached hydrogen (secondary N) is 1. The molecule has 3 N–H and O–H groups in total. The second-order valence-electron chi connectivity index (χ2n) is 4.80. The quantitative estimate of drug-likeness (QED) is 0.413. The van der Waals surface area contributed by atoms with Gasteiger partial charge in [-0.2, -0.15) is 0 Å². The third kappa shape index (κ3) is 2.46. The van der Waals surface area contributed by atoms with Gasteiger partial charge in [-0.1, -0.05) is 30.3 Å². The van der Waals surface area contributed by atoms with Crippen molar-refractivity contribution in [2.75, 3.05) is 0 Å². The fourth-order valence-electron chi connectivity index (χ4n) is 2.40. The van der Waals surface area contributed by atoms with Gasteiger partial charge >= 0.3 is 0 Å². The number of hydrazine groups is 1. The molecular formula is C16H15IN2O. The molecule has 0 spiro atoms. The van der Waals surface area contributed by atoms with Crippen molar-refractivity contribution in [1.29, 1.82) is 0 Å². The Morgan fingerprint density at radius 1 is 1.15 bits per heavy atom. The maximum atomic E-state index is 6.00. The maximum absolute atomic E-state index is 6.00. The summed E-state index contributed by atoms with van der Waals surface area (Å²) in [5, 5.41) is 1.10. The largest absolute Gasteiger partial charge is 0.459 e. The molecule has 0 aliphatic carbocycles. The molecule has 3 rings (SSSR count). The molecule has 1 aromatic heterocycles. The van der Waals surface area contributed by atoms with Crippen molar-refractivity contribution in [3.63, 3.8) is 0 Å². The summed E-state index contributed by atoms with van der Waals surface area (Å²) in [5.74, 6) is 6.57. The smallest absolute Gasteiger partial charge is 0.137 e. The molecule has 20 heavy (non-hydrogen) atoms. The van der Waals surface area contributed by atoms with Crippen LogP contribution in [0.5, 0.6) is 0 Å². The van der Waals surface area contributed by atoms with Crippen LogP contribution in [0, 0.1) is 10.5 Å². The number of halogens is 1. The lowest BCUT2D eigenvalue weighted by Crippen LogP contribution is -2.28. The van der Waals surface area contributed by atoms with E-state index in [0.29, 0.717) is 0 Å². The molecule has 2 aromatic carbocycles. The molecule has 3 nitrogen and oxygen atoms in total. The van der Waals surface area contributed by atoms with Crippen molar-refractivity contribution >= 4 is 33.6 Å². The van der Waals surface area contributed by atoms with E-state index in [2.05, 4.69) is 46.2 Å². The minimum atomic E-state index is -0.142. The van der Waals surface area contributed by atoms with Crippen LogP contribution in [0.4, 0.5) is 0 Å². The summed E-state index contributed by atoms with van der Waals surface area (Å²) in [6.45, 7) is 2.05. The Morgan fingerprint density at radius 3 is 2.65 bits per heavy atom. The van der Waals surface area contributed by atoms with Crippen LogP contribution in [0.15, 0.2) is 52.9 Å². The number of benzene rings is 2. The summed E-state index contributed by atoms with van der Waals surface area (Å²) < 4.78 is 7.17. The minimum Gasteiger partial charge on any atom is -0.459 e. The zero-order chi connectivity index (χ0) is 14.1. The molecule has 0 aliphatic rings. The fraction of sp³-hybridized carbons (Fsp3) is 0.125. The summed E-state index contributed by atoms with van der Waals surface area (Å²) >= 11 is 2.29. The standard InChI is InChI=1S/C16H15IN2O/c1-10-4-2-6-12-9-14(20-16(10)12)15(19-18)11-5-3-7-13(17)8-11/h2-9,15,19H,18H2,1H3. The molecule has 1 atom stereocenters. The van der Waals surface area contributed by atoms with Crippen LogP contribution >= 0.6 is 22.6 Å². The lowest BCUT2D eigenvalue weighted by Gasteiger charge is -2.13. The number of aryl methyl sites for hydroxylation is 1. The van der Waals surface area contributed by atoms with Gasteiger partial charge < -0.3 is 4.42 Å². The molecule has 0 saturated heterocycles. The summed E-state index contributed by atoms with van der Waals surface area (Å²) in [6.07, 6.45) is 0. The second-order valence-corrected chi connectivity index (χ2v) is 6.04. The van der Waals surface area contributed by atoms with Crippen LogP contribution in [0.2, 0.25) is 0 Å². The van der Waals surface area contributed by atoms with Crippen molar-refractivity contribution in [3.05, 3.63) is 69.0 Å². The summed E-state index contributed by atoms with van der Waals surface area (Å²) in [5.41, 5.74) is 5.99. The van der Waals surface area contributed by atoms with Gasteiger partial charge in [0.15, 0.2) is 0 Å². The predicted octanol–water partition coefficient (Wildman–Crippen LogP) is 3.90. The predicted molar refractivity (Wildman–Crippen MR) is 89.3 cm³/mol. The molecule has 1 heterocycles. The number of para-hydroxylation sites is 1. The Bertz CT molecular complexity index is 751. The normalized spacial score (nSPS) is 12.8. The zero-order valence-electron chi connectivity index (χ0n) is 11.1. The van der Waals surface area contributed by atoms with Crippen molar-refractivity contribution in [2.24, 2.45) is 5.84 Å². The van der Waals surface area contributed by atoms with Gasteiger partial charge in [-0.25, -0.2) is 5.43 Å². The van der Waals surface area contributed by atoms with Gasteiger partial charge in [-0.15, -0.1) is 0 Å². The monoisotopic (exact) mass is 378 g/mol. The molecule has 0 amide bonds. The van der Waals surface area contributed by atoms with Crippen LogP contribution in [-0.4, -0.2) is 0 Å². The Labute approximate surface area is 131 Å². The first-order valence-electron chi connectivity index (χ1n) is 6.39. The van der Waals surface area contributed by atoms with E-state index in [4.69, 9.17) is 10.3 Å². The maximum Gasteiger partial charge on any atom is 0.137 e. The third-order valence-electron chi connectivity index (χ3n) is 3.39. The van der Waals surface area contributed by atoms with E-state index in [0.717, 1.165) is 27.9 Å². The number of hydrogen-bond acceptors (Lipinski definition) is 3. The second kappa shape index (κ2) is 5.55. The Kier molecular flexibility index (Phi) is 3.78. The number of nitrogens with two attached hydrogens (primary N) is 1. The van der Waals surface area contributed by atoms with Crippen molar-refractivity contribution in [1.82, 2.24) is 5.43 Å². The third-order valence-corrected chi connectivity index (χ3v) is 4.06. The van der Waals surface area contributed by atoms with Crippen LogP contribution in [-0.2, 0) is 0 Å². The first-order valence-corrected chi connectivity index (χ1v) is 7.47. The minimum absolute atomic E-state index is 0.142. The van der Waals surface area contributed by atoms with Crippen LogP contribution < -0.4 is 11.3 Å². The lowest BCUT2D eigenvalue weighted by atomic mass is 10.1. The molecule has 102 valence electrons. The molecule has 1 unspecified atom stereocenters. The highest BCUT2D eigenvalue weighted by molar-refractivity contribution is 14.1. The van der Waals surface area contributed by atoms with Crippen molar-refractivity contribution < 1.29 is 4.42 Å². The average molecular weight is 378 g/mol. The molecule has 0 bridgehead atoms. The SMILES string of the molecule is Cc1cccc2cc(C(NN)c3cccc(I)c3)oc12. The van der Waals surface area contributed by atoms with E-state index >= 15 is 0 Å². The van der Waals surface area contributed by atoms with Crippen LogP contribution in [0.1, 0.15) is 22.9 Å². The van der Waals surface area contributed by atoms with E-state index in [1.807, 2.05) is 37.3 Å². The van der Waals surface area contributed by atoms with Crippen LogP contribution in [0.3, 0.4) is 0 Å². The van der Waals surface area contributed by atoms with Gasteiger partial charge in [-0.05, 0) is 58.8 Å². The van der Waals surface area contributed by atoms with Gasteiger partial charge in [0.1, 0.15) is 17.4 Å². The summed E-state index contributed by atoms with van der Waals surface area (Å²) in [4.78, 5) is 0. The van der Waals surface area contributed by atoms with Crippen molar-refractivity contribution in [3.8, 4) is 0 Å². The number of hydrogen-bond donors (Lipinski definition) is 2. The molecule has 3 aromatic rings. The van der Waals surface area contributed by atoms with Gasteiger partial charge in [0.05, 0.1) is 0 Å². The molecule has 4 heteroatoms. The molecule has 0 aliphatic heterocycles. The number of rotatable bonds is 3. The van der Waals surface area contributed by atoms with E-state index in [9.17, 15) is 0 Å². The van der Waals surface area contributed by atoms with E-state index in [1.54, 1.807) is 0 Å². The molecule has 0 fully saturated rings. The highest BCUT2D eigenvalue weighted by Crippen LogP contribution is 2.29. The highest BCUT2D eigenvalue weighted by atomic mass is 127. The first kappa shape index (κ1) is 13.6. The van der Waals surface area contributed by atoms with Gasteiger partial charge in [0.25, 0.3) is 0 Å². The Balaban J connectivity index is 2.09. The number of fused-ring (bicyclic) bond motifs is 1. The lowest BCUT2D eigenvalue weighted by molar-refractivity contribution is 0.476. The fourth-order valence-corrected chi connectivity index (χ4v) is 2.97. The summed E-state index contributed by atoms with van der Waals surface area (Å²) in [6, 6.07) is 16.3. The van der Waals surface area contributed by atoms with Crippen LogP contribution in [0.25, 0.3) is 11.0 Å². The topological polar surface area (TPSA) is 51.2 Å². The Morgan fingerprint density at radius 2 is 1.95 bits per heavy atom. The molecular weight excluding hydrogens is 363 g/mol. The van der Waals surface area contributed by atoms with E-state index in [-0.39, 0.29) is 6.04 Å². The van der Waals surface area contributed by atoms with Gasteiger partial charge in [-0.3, -0.25) is 5.84 Å².